The lowest BCUT2D eigenvalue weighted by molar-refractivity contribution is -0.135. The highest BCUT2D eigenvalue weighted by Crippen LogP contribution is 2.24. The number of nitrogens with one attached hydrogen (secondary N) is 2. The lowest BCUT2D eigenvalue weighted by Gasteiger charge is -2.40. The van der Waals surface area contributed by atoms with Gasteiger partial charge < -0.3 is 21.5 Å². The lowest BCUT2D eigenvalue weighted by Crippen LogP contribution is -2.69. The van der Waals surface area contributed by atoms with Crippen LogP contribution in [-0.2, 0) is 32.3 Å². The number of rotatable bonds is 15. The third-order valence-electron chi connectivity index (χ3n) is 7.08. The summed E-state index contributed by atoms with van der Waals surface area (Å²) in [6, 6.07) is 17.7. The van der Waals surface area contributed by atoms with Crippen molar-refractivity contribution in [1.82, 2.24) is 10.6 Å². The largest absolute Gasteiger partial charge is 0.388 e. The number of carbonyl (C=O) groups is 2. The third kappa shape index (κ3) is 11.6. The minimum Gasteiger partial charge on any atom is -0.388 e. The molecule has 228 valence electrons. The van der Waals surface area contributed by atoms with Gasteiger partial charge in [-0.2, -0.15) is 0 Å². The first-order chi connectivity index (χ1) is 19.0. The van der Waals surface area contributed by atoms with Crippen LogP contribution in [0.4, 0.5) is 0 Å². The minimum atomic E-state index is -3.53. The second-order valence-corrected chi connectivity index (χ2v) is 14.9. The number of hydrogen-bond acceptors (Lipinski definition) is 6. The van der Waals surface area contributed by atoms with Crippen molar-refractivity contribution >= 4 is 21.7 Å². The maximum absolute atomic E-state index is 13.5. The molecule has 0 radical (unpaired) electrons. The number of aliphatic hydroxyl groups excluding tert-OH is 1. The predicted molar refractivity (Wildman–Crippen MR) is 165 cm³/mol. The van der Waals surface area contributed by atoms with Crippen molar-refractivity contribution in [2.24, 2.45) is 17.6 Å². The zero-order chi connectivity index (χ0) is 30.8. The van der Waals surface area contributed by atoms with Gasteiger partial charge >= 0.3 is 0 Å². The normalized spacial score (nSPS) is 15.9. The van der Waals surface area contributed by atoms with Crippen molar-refractivity contribution in [2.75, 3.05) is 11.5 Å². The molecule has 1 unspecified atom stereocenters. The zero-order valence-corrected chi connectivity index (χ0v) is 26.2. The van der Waals surface area contributed by atoms with Crippen LogP contribution in [0.15, 0.2) is 60.7 Å². The number of carbonyl (C=O) groups excluding carboxylic acids is 2. The Kier molecular flexibility index (Phi) is 12.5. The van der Waals surface area contributed by atoms with E-state index >= 15 is 0 Å². The molecule has 2 aromatic rings. The maximum Gasteiger partial charge on any atom is 0.243 e. The number of benzene rings is 2. The molecular formula is C32H49N3O5S. The van der Waals surface area contributed by atoms with E-state index in [1.807, 2.05) is 95.3 Å². The van der Waals surface area contributed by atoms with Gasteiger partial charge in [-0.3, -0.25) is 9.59 Å². The monoisotopic (exact) mass is 587 g/mol. The molecule has 0 aromatic heterocycles. The molecular weight excluding hydrogens is 538 g/mol. The summed E-state index contributed by atoms with van der Waals surface area (Å²) in [5, 5.41) is 17.5. The summed E-state index contributed by atoms with van der Waals surface area (Å²) in [6.07, 6.45) is -0.0630. The Bertz CT molecular complexity index is 1210. The van der Waals surface area contributed by atoms with Gasteiger partial charge in [0, 0.05) is 11.5 Å². The van der Waals surface area contributed by atoms with Crippen molar-refractivity contribution in [2.45, 2.75) is 90.4 Å². The van der Waals surface area contributed by atoms with Gasteiger partial charge in [-0.25, -0.2) is 8.42 Å². The number of aryl methyl sites for hydroxylation is 1. The SMILES string of the molecule is CC(C)CCC(N)(C(=O)NC(C)(C)C)[C@H](O)[C@H](Cc1ccccc1)NC(=O)[C@@H](C)CS(=O)(=O)CCc1ccccc1. The molecule has 2 amide bonds. The number of amides is 2. The van der Waals surface area contributed by atoms with Crippen LogP contribution < -0.4 is 16.4 Å². The first-order valence-electron chi connectivity index (χ1n) is 14.4. The number of hydrogen-bond donors (Lipinski definition) is 4. The summed E-state index contributed by atoms with van der Waals surface area (Å²) in [7, 11) is -3.53. The standard InChI is InChI=1S/C32H49N3O5S/c1-23(2)17-19-32(33,30(38)35-31(4,5)6)28(36)27(21-26-15-11-8-12-16-26)34-29(37)24(3)22-41(39,40)20-18-25-13-9-7-10-14-25/h7-16,23-24,27-28,36H,17-22,33H2,1-6H3,(H,34,37)(H,35,38)/t24-,27-,28+,32?/m0/s1. The molecule has 5 N–H and O–H groups in total. The summed E-state index contributed by atoms with van der Waals surface area (Å²) in [6.45, 7) is 11.1. The average molecular weight is 588 g/mol. The van der Waals surface area contributed by atoms with E-state index in [0.29, 0.717) is 12.8 Å². The smallest absolute Gasteiger partial charge is 0.243 e. The van der Waals surface area contributed by atoms with Crippen molar-refractivity contribution in [3.8, 4) is 0 Å². The Morgan fingerprint density at radius 1 is 0.927 bits per heavy atom. The molecule has 0 spiro atoms. The van der Waals surface area contributed by atoms with Crippen LogP contribution >= 0.6 is 0 Å². The molecule has 0 aliphatic carbocycles. The highest BCUT2D eigenvalue weighted by atomic mass is 32.2. The molecule has 0 heterocycles. The fourth-order valence-corrected chi connectivity index (χ4v) is 6.26. The Hall–Kier alpha value is -2.75. The summed E-state index contributed by atoms with van der Waals surface area (Å²) in [5.41, 5.74) is 6.21. The average Bonchev–Trinajstić information content (AvgIpc) is 2.89. The van der Waals surface area contributed by atoms with E-state index in [9.17, 15) is 23.1 Å². The van der Waals surface area contributed by atoms with Crippen molar-refractivity contribution in [1.29, 1.82) is 0 Å². The predicted octanol–water partition coefficient (Wildman–Crippen LogP) is 3.42. The van der Waals surface area contributed by atoms with Gasteiger partial charge in [0.25, 0.3) is 0 Å². The van der Waals surface area contributed by atoms with Gasteiger partial charge in [0.15, 0.2) is 9.84 Å². The summed E-state index contributed by atoms with van der Waals surface area (Å²) in [5.74, 6) is -2.05. The topological polar surface area (TPSA) is 139 Å². The van der Waals surface area contributed by atoms with E-state index in [2.05, 4.69) is 10.6 Å². The third-order valence-corrected chi connectivity index (χ3v) is 8.91. The fourth-order valence-electron chi connectivity index (χ4n) is 4.63. The van der Waals surface area contributed by atoms with Gasteiger partial charge in [0.2, 0.25) is 11.8 Å². The number of sulfone groups is 1. The van der Waals surface area contributed by atoms with Gasteiger partial charge in [0.05, 0.1) is 17.5 Å². The fraction of sp³-hybridized carbons (Fsp3) is 0.562. The molecule has 8 nitrogen and oxygen atoms in total. The van der Waals surface area contributed by atoms with Crippen LogP contribution in [0.1, 0.15) is 65.5 Å². The molecule has 2 rings (SSSR count). The van der Waals surface area contributed by atoms with E-state index in [4.69, 9.17) is 5.73 Å². The Balaban J connectivity index is 2.28. The van der Waals surface area contributed by atoms with Gasteiger partial charge in [-0.05, 0) is 63.5 Å². The lowest BCUT2D eigenvalue weighted by atomic mass is 9.79. The van der Waals surface area contributed by atoms with Crippen LogP contribution in [0.25, 0.3) is 0 Å². The van der Waals surface area contributed by atoms with Crippen LogP contribution in [0.3, 0.4) is 0 Å². The highest BCUT2D eigenvalue weighted by molar-refractivity contribution is 7.91. The molecule has 0 aliphatic rings. The molecule has 0 saturated heterocycles. The van der Waals surface area contributed by atoms with Crippen LogP contribution in [-0.4, -0.2) is 60.1 Å². The van der Waals surface area contributed by atoms with Crippen molar-refractivity contribution in [3.05, 3.63) is 71.8 Å². The molecule has 0 bridgehead atoms. The highest BCUT2D eigenvalue weighted by Gasteiger charge is 2.46. The number of aliphatic hydroxyl groups is 1. The Morgan fingerprint density at radius 3 is 1.98 bits per heavy atom. The Labute approximate surface area is 246 Å². The quantitative estimate of drug-likeness (QED) is 0.252. The maximum atomic E-state index is 13.5. The molecule has 0 saturated carbocycles. The Morgan fingerprint density at radius 2 is 1.46 bits per heavy atom. The molecule has 0 fully saturated rings. The second-order valence-electron chi connectivity index (χ2n) is 12.7. The van der Waals surface area contributed by atoms with Gasteiger partial charge in [0.1, 0.15) is 11.6 Å². The van der Waals surface area contributed by atoms with Crippen LogP contribution in [0, 0.1) is 11.8 Å². The minimum absolute atomic E-state index is 0.0706. The van der Waals surface area contributed by atoms with Crippen LogP contribution in [0.2, 0.25) is 0 Å². The first-order valence-corrected chi connectivity index (χ1v) is 16.2. The summed E-state index contributed by atoms with van der Waals surface area (Å²) in [4.78, 5) is 26.9. The summed E-state index contributed by atoms with van der Waals surface area (Å²) >= 11 is 0. The van der Waals surface area contributed by atoms with E-state index in [-0.39, 0.29) is 30.3 Å². The number of nitrogens with two attached hydrogens (primary N) is 1. The van der Waals surface area contributed by atoms with E-state index in [0.717, 1.165) is 11.1 Å². The van der Waals surface area contributed by atoms with E-state index < -0.39 is 50.8 Å². The van der Waals surface area contributed by atoms with E-state index in [1.54, 1.807) is 6.92 Å². The molecule has 9 heteroatoms. The van der Waals surface area contributed by atoms with Gasteiger partial charge in [-0.1, -0.05) is 81.4 Å². The van der Waals surface area contributed by atoms with E-state index in [1.165, 1.54) is 0 Å². The van der Waals surface area contributed by atoms with Crippen LogP contribution in [0.5, 0.6) is 0 Å². The van der Waals surface area contributed by atoms with Crippen molar-refractivity contribution < 1.29 is 23.1 Å². The molecule has 0 aliphatic heterocycles. The molecule has 2 aromatic carbocycles. The zero-order valence-electron chi connectivity index (χ0n) is 25.4. The second kappa shape index (κ2) is 14.9. The molecule has 41 heavy (non-hydrogen) atoms. The first kappa shape index (κ1) is 34.5. The summed E-state index contributed by atoms with van der Waals surface area (Å²) < 4.78 is 25.7. The molecule has 4 atom stereocenters. The van der Waals surface area contributed by atoms with Crippen molar-refractivity contribution in [3.63, 3.8) is 0 Å². The van der Waals surface area contributed by atoms with Gasteiger partial charge in [-0.15, -0.1) is 0 Å².